The Balaban J connectivity index is 1.43. The lowest BCUT2D eigenvalue weighted by Gasteiger charge is -2.40. The molecule has 0 spiro atoms. The standard InChI is InChI=1S/C28H33F3N4O3/c1-17-12-20(15-27(2,3)14-17)35-24-11-10-22(37-16-25(36)32-18-4-5-18)13-23(24)34-26(35)33-19-6-8-21(9-7-19)38-28(29,30)31/h6-11,13,17-18,20H,4-5,12,14-16H2,1-3H3,(H,32,36)(H,33,34)/t17-,20-/m0/s1. The highest BCUT2D eigenvalue weighted by Crippen LogP contribution is 2.46. The lowest BCUT2D eigenvalue weighted by atomic mass is 9.70. The zero-order valence-electron chi connectivity index (χ0n) is 21.8. The number of nitrogens with zero attached hydrogens (tertiary/aromatic N) is 2. The molecule has 2 aromatic carbocycles. The molecular formula is C28H33F3N4O3. The molecule has 1 aromatic heterocycles. The molecule has 0 radical (unpaired) electrons. The molecule has 0 unspecified atom stereocenters. The van der Waals surface area contributed by atoms with E-state index in [9.17, 15) is 18.0 Å². The number of anilines is 2. The molecule has 2 N–H and O–H groups in total. The first-order chi connectivity index (χ1) is 17.9. The summed E-state index contributed by atoms with van der Waals surface area (Å²) in [7, 11) is 0. The smallest absolute Gasteiger partial charge is 0.484 e. The van der Waals surface area contributed by atoms with Gasteiger partial charge in [0.15, 0.2) is 6.61 Å². The van der Waals surface area contributed by atoms with Gasteiger partial charge < -0.3 is 24.7 Å². The number of rotatable bonds is 8. The Kier molecular flexibility index (Phi) is 6.92. The molecule has 38 heavy (non-hydrogen) atoms. The van der Waals surface area contributed by atoms with Crippen molar-refractivity contribution in [3.8, 4) is 11.5 Å². The van der Waals surface area contributed by atoms with Crippen LogP contribution in [-0.4, -0.2) is 34.5 Å². The van der Waals surface area contributed by atoms with E-state index in [-0.39, 0.29) is 35.8 Å². The Morgan fingerprint density at radius 3 is 2.47 bits per heavy atom. The first kappa shape index (κ1) is 26.2. The molecular weight excluding hydrogens is 497 g/mol. The van der Waals surface area contributed by atoms with E-state index in [0.29, 0.717) is 28.8 Å². The highest BCUT2D eigenvalue weighted by Gasteiger charge is 2.35. The van der Waals surface area contributed by atoms with Crippen LogP contribution in [0.25, 0.3) is 11.0 Å². The first-order valence-corrected chi connectivity index (χ1v) is 13.0. The van der Waals surface area contributed by atoms with E-state index in [1.807, 2.05) is 18.2 Å². The van der Waals surface area contributed by atoms with Crippen molar-refractivity contribution in [3.05, 3.63) is 42.5 Å². The summed E-state index contributed by atoms with van der Waals surface area (Å²) in [6, 6.07) is 11.7. The zero-order chi connectivity index (χ0) is 27.1. The van der Waals surface area contributed by atoms with E-state index >= 15 is 0 Å². The average Bonchev–Trinajstić information content (AvgIpc) is 3.54. The predicted octanol–water partition coefficient (Wildman–Crippen LogP) is 6.72. The molecule has 3 aromatic rings. The molecule has 0 aliphatic heterocycles. The highest BCUT2D eigenvalue weighted by atomic mass is 19.4. The molecule has 2 aliphatic carbocycles. The van der Waals surface area contributed by atoms with Gasteiger partial charge in [0, 0.05) is 23.8 Å². The van der Waals surface area contributed by atoms with Crippen LogP contribution in [0.2, 0.25) is 0 Å². The summed E-state index contributed by atoms with van der Waals surface area (Å²) in [5.74, 6) is 1.25. The van der Waals surface area contributed by atoms with Crippen LogP contribution in [0.1, 0.15) is 58.9 Å². The average molecular weight is 531 g/mol. The summed E-state index contributed by atoms with van der Waals surface area (Å²) in [5.41, 5.74) is 2.38. The number of carbonyl (C=O) groups is 1. The summed E-state index contributed by atoms with van der Waals surface area (Å²) < 4.78 is 49.6. The quantitative estimate of drug-likeness (QED) is 0.338. The maximum Gasteiger partial charge on any atom is 0.573 e. The minimum absolute atomic E-state index is 0.0610. The fourth-order valence-electron chi connectivity index (χ4n) is 5.63. The fourth-order valence-corrected chi connectivity index (χ4v) is 5.63. The van der Waals surface area contributed by atoms with Gasteiger partial charge in [0.25, 0.3) is 5.91 Å². The molecule has 204 valence electrons. The van der Waals surface area contributed by atoms with Crippen molar-refractivity contribution in [1.29, 1.82) is 0 Å². The Labute approximate surface area is 219 Å². The van der Waals surface area contributed by atoms with E-state index in [1.165, 1.54) is 24.3 Å². The number of hydrogen-bond acceptors (Lipinski definition) is 5. The minimum Gasteiger partial charge on any atom is -0.484 e. The van der Waals surface area contributed by atoms with Gasteiger partial charge in [0.05, 0.1) is 11.0 Å². The summed E-state index contributed by atoms with van der Waals surface area (Å²) in [6.45, 7) is 6.76. The molecule has 2 saturated carbocycles. The molecule has 10 heteroatoms. The van der Waals surface area contributed by atoms with Crippen LogP contribution in [0.15, 0.2) is 42.5 Å². The summed E-state index contributed by atoms with van der Waals surface area (Å²) in [6.07, 6.45) is 0.377. The molecule has 0 saturated heterocycles. The molecule has 2 fully saturated rings. The number of nitrogens with one attached hydrogen (secondary N) is 2. The number of carbonyl (C=O) groups excluding carboxylic acids is 1. The van der Waals surface area contributed by atoms with Crippen LogP contribution >= 0.6 is 0 Å². The minimum atomic E-state index is -4.74. The number of halogens is 3. The van der Waals surface area contributed by atoms with Crippen LogP contribution in [0.5, 0.6) is 11.5 Å². The van der Waals surface area contributed by atoms with Gasteiger partial charge >= 0.3 is 6.36 Å². The van der Waals surface area contributed by atoms with Gasteiger partial charge in [-0.15, -0.1) is 13.2 Å². The van der Waals surface area contributed by atoms with Gasteiger partial charge in [-0.2, -0.15) is 0 Å². The van der Waals surface area contributed by atoms with Crippen LogP contribution in [0.3, 0.4) is 0 Å². The molecule has 0 bridgehead atoms. The summed E-state index contributed by atoms with van der Waals surface area (Å²) in [4.78, 5) is 16.9. The van der Waals surface area contributed by atoms with E-state index in [4.69, 9.17) is 9.72 Å². The van der Waals surface area contributed by atoms with Crippen LogP contribution in [0.4, 0.5) is 24.8 Å². The maximum atomic E-state index is 12.6. The first-order valence-electron chi connectivity index (χ1n) is 13.0. The van der Waals surface area contributed by atoms with Crippen LogP contribution in [0, 0.1) is 11.3 Å². The molecule has 7 nitrogen and oxygen atoms in total. The van der Waals surface area contributed by atoms with Gasteiger partial charge in [-0.3, -0.25) is 4.79 Å². The second-order valence-corrected chi connectivity index (χ2v) is 11.4. The second-order valence-electron chi connectivity index (χ2n) is 11.4. The number of imidazole rings is 1. The van der Waals surface area contributed by atoms with Crippen molar-refractivity contribution >= 4 is 28.6 Å². The van der Waals surface area contributed by atoms with E-state index in [2.05, 4.69) is 40.7 Å². The lowest BCUT2D eigenvalue weighted by Crippen LogP contribution is -2.30. The summed E-state index contributed by atoms with van der Waals surface area (Å²) in [5, 5.41) is 6.21. The Morgan fingerprint density at radius 2 is 1.82 bits per heavy atom. The third-order valence-corrected chi connectivity index (χ3v) is 7.05. The van der Waals surface area contributed by atoms with Gasteiger partial charge in [0.1, 0.15) is 11.5 Å². The van der Waals surface area contributed by atoms with Gasteiger partial charge in [-0.05, 0) is 79.8 Å². The number of alkyl halides is 3. The van der Waals surface area contributed by atoms with Crippen molar-refractivity contribution in [2.24, 2.45) is 11.3 Å². The third kappa shape index (κ3) is 6.52. The van der Waals surface area contributed by atoms with E-state index in [1.54, 1.807) is 0 Å². The van der Waals surface area contributed by atoms with Crippen molar-refractivity contribution in [2.45, 2.75) is 71.3 Å². The number of benzene rings is 2. The van der Waals surface area contributed by atoms with Crippen molar-refractivity contribution < 1.29 is 27.4 Å². The SMILES string of the molecule is C[C@H]1C[C@H](n2c(Nc3ccc(OC(F)(F)F)cc3)nc3cc(OCC(=O)NC4CC4)ccc32)CC(C)(C)C1. The van der Waals surface area contributed by atoms with Gasteiger partial charge in [-0.25, -0.2) is 4.98 Å². The number of aromatic nitrogens is 2. The lowest BCUT2D eigenvalue weighted by molar-refractivity contribution is -0.274. The van der Waals surface area contributed by atoms with E-state index in [0.717, 1.165) is 37.6 Å². The number of fused-ring (bicyclic) bond motifs is 1. The molecule has 2 atom stereocenters. The summed E-state index contributed by atoms with van der Waals surface area (Å²) >= 11 is 0. The van der Waals surface area contributed by atoms with Gasteiger partial charge in [-0.1, -0.05) is 20.8 Å². The van der Waals surface area contributed by atoms with E-state index < -0.39 is 6.36 Å². The molecule has 2 aliphatic rings. The number of hydrogen-bond donors (Lipinski definition) is 2. The number of amides is 1. The highest BCUT2D eigenvalue weighted by molar-refractivity contribution is 5.82. The topological polar surface area (TPSA) is 77.4 Å². The predicted molar refractivity (Wildman–Crippen MR) is 139 cm³/mol. The van der Waals surface area contributed by atoms with Crippen LogP contribution < -0.4 is 20.1 Å². The van der Waals surface area contributed by atoms with Crippen molar-refractivity contribution in [2.75, 3.05) is 11.9 Å². The normalized spacial score (nSPS) is 21.2. The molecule has 1 amide bonds. The Hall–Kier alpha value is -3.43. The van der Waals surface area contributed by atoms with Gasteiger partial charge in [0.2, 0.25) is 5.95 Å². The third-order valence-electron chi connectivity index (χ3n) is 7.05. The Morgan fingerprint density at radius 1 is 1.11 bits per heavy atom. The zero-order valence-corrected chi connectivity index (χ0v) is 21.8. The monoisotopic (exact) mass is 530 g/mol. The largest absolute Gasteiger partial charge is 0.573 e. The fraction of sp³-hybridized carbons (Fsp3) is 0.500. The Bertz CT molecular complexity index is 1300. The second kappa shape index (κ2) is 10.0. The van der Waals surface area contributed by atoms with Crippen molar-refractivity contribution in [3.63, 3.8) is 0 Å². The molecule has 1 heterocycles. The maximum absolute atomic E-state index is 12.6. The van der Waals surface area contributed by atoms with Crippen molar-refractivity contribution in [1.82, 2.24) is 14.9 Å². The number of ether oxygens (including phenoxy) is 2. The van der Waals surface area contributed by atoms with Crippen LogP contribution in [-0.2, 0) is 4.79 Å². The molecule has 5 rings (SSSR count).